The van der Waals surface area contributed by atoms with Crippen LogP contribution in [-0.2, 0) is 0 Å². The topological polar surface area (TPSA) is 35.2 Å². The highest BCUT2D eigenvalue weighted by atomic mass is 35.5. The Kier molecular flexibility index (Phi) is 2.82. The Balaban J connectivity index is 3.04. The third-order valence-electron chi connectivity index (χ3n) is 1.67. The van der Waals surface area contributed by atoms with Gasteiger partial charge in [-0.15, -0.1) is 0 Å². The summed E-state index contributed by atoms with van der Waals surface area (Å²) in [5.74, 6) is 0.727. The van der Waals surface area contributed by atoms with Crippen LogP contribution >= 0.6 is 11.6 Å². The number of rotatable bonds is 2. The average molecular weight is 186 g/mol. The van der Waals surface area contributed by atoms with Gasteiger partial charge in [0.1, 0.15) is 5.75 Å². The molecular weight excluding hydrogens is 174 g/mol. The van der Waals surface area contributed by atoms with Crippen LogP contribution in [0.3, 0.4) is 0 Å². The first-order valence-corrected chi connectivity index (χ1v) is 4.21. The second kappa shape index (κ2) is 3.68. The van der Waals surface area contributed by atoms with Crippen LogP contribution in [0.4, 0.5) is 5.69 Å². The number of benzene rings is 1. The van der Waals surface area contributed by atoms with Crippen LogP contribution in [0.25, 0.3) is 0 Å². The Hall–Kier alpha value is -0.890. The molecule has 0 atom stereocenters. The van der Waals surface area contributed by atoms with Gasteiger partial charge in [-0.1, -0.05) is 11.6 Å². The van der Waals surface area contributed by atoms with Crippen molar-refractivity contribution in [2.24, 2.45) is 0 Å². The van der Waals surface area contributed by atoms with Gasteiger partial charge in [-0.2, -0.15) is 0 Å². The van der Waals surface area contributed by atoms with Crippen LogP contribution in [0, 0.1) is 6.92 Å². The summed E-state index contributed by atoms with van der Waals surface area (Å²) in [6.45, 7) is 4.43. The van der Waals surface area contributed by atoms with Gasteiger partial charge < -0.3 is 10.5 Å². The van der Waals surface area contributed by atoms with Gasteiger partial charge in [0.05, 0.1) is 6.61 Å². The van der Waals surface area contributed by atoms with Gasteiger partial charge >= 0.3 is 0 Å². The van der Waals surface area contributed by atoms with Crippen molar-refractivity contribution in [2.45, 2.75) is 13.8 Å². The molecule has 0 aliphatic rings. The molecule has 1 aromatic rings. The van der Waals surface area contributed by atoms with Crippen LogP contribution in [0.1, 0.15) is 12.5 Å². The summed E-state index contributed by atoms with van der Waals surface area (Å²) >= 11 is 5.89. The van der Waals surface area contributed by atoms with Crippen LogP contribution in [-0.4, -0.2) is 6.61 Å². The fourth-order valence-corrected chi connectivity index (χ4v) is 1.14. The van der Waals surface area contributed by atoms with Crippen molar-refractivity contribution >= 4 is 17.3 Å². The molecule has 0 aliphatic heterocycles. The third-order valence-corrected chi connectivity index (χ3v) is 2.06. The van der Waals surface area contributed by atoms with E-state index in [4.69, 9.17) is 22.1 Å². The second-order valence-electron chi connectivity index (χ2n) is 2.55. The Morgan fingerprint density at radius 2 is 2.17 bits per heavy atom. The first-order chi connectivity index (χ1) is 5.65. The fraction of sp³-hybridized carbons (Fsp3) is 0.333. The zero-order chi connectivity index (χ0) is 9.14. The highest BCUT2D eigenvalue weighted by Gasteiger charge is 2.02. The van der Waals surface area contributed by atoms with Crippen LogP contribution in [0.5, 0.6) is 5.75 Å². The minimum Gasteiger partial charge on any atom is -0.494 e. The zero-order valence-electron chi connectivity index (χ0n) is 7.23. The predicted octanol–water partition coefficient (Wildman–Crippen LogP) is 2.63. The molecule has 0 unspecified atom stereocenters. The van der Waals surface area contributed by atoms with E-state index in [9.17, 15) is 0 Å². The van der Waals surface area contributed by atoms with Crippen molar-refractivity contribution in [2.75, 3.05) is 12.3 Å². The smallest absolute Gasteiger partial charge is 0.122 e. The molecule has 0 aliphatic carbocycles. The molecule has 1 aromatic carbocycles. The lowest BCUT2D eigenvalue weighted by atomic mass is 10.2. The number of hydrogen-bond acceptors (Lipinski definition) is 2. The van der Waals surface area contributed by atoms with E-state index in [0.29, 0.717) is 17.3 Å². The van der Waals surface area contributed by atoms with Crippen molar-refractivity contribution in [1.82, 2.24) is 0 Å². The van der Waals surface area contributed by atoms with Gasteiger partial charge in [0, 0.05) is 16.8 Å². The quantitative estimate of drug-likeness (QED) is 0.719. The summed E-state index contributed by atoms with van der Waals surface area (Å²) in [6.07, 6.45) is 0. The highest BCUT2D eigenvalue weighted by Crippen LogP contribution is 2.27. The maximum Gasteiger partial charge on any atom is 0.122 e. The molecule has 0 saturated carbocycles. The Morgan fingerprint density at radius 1 is 1.50 bits per heavy atom. The lowest BCUT2D eigenvalue weighted by Gasteiger charge is -2.07. The molecule has 3 heteroatoms. The number of nitrogen functional groups attached to an aromatic ring is 1. The molecule has 0 bridgehead atoms. The normalized spacial score (nSPS) is 9.92. The minimum atomic E-state index is 0.624. The van der Waals surface area contributed by atoms with Gasteiger partial charge in [0.25, 0.3) is 0 Å². The van der Waals surface area contributed by atoms with Crippen LogP contribution < -0.4 is 10.5 Å². The maximum atomic E-state index is 5.89. The van der Waals surface area contributed by atoms with E-state index in [1.807, 2.05) is 13.8 Å². The van der Waals surface area contributed by atoms with E-state index in [0.717, 1.165) is 11.3 Å². The SMILES string of the molecule is CCOc1cc(N)c(C)c(Cl)c1. The molecule has 0 spiro atoms. The molecule has 0 radical (unpaired) electrons. The first kappa shape index (κ1) is 9.20. The first-order valence-electron chi connectivity index (χ1n) is 3.83. The Bertz CT molecular complexity index is 263. The monoisotopic (exact) mass is 185 g/mol. The number of halogens is 1. The van der Waals surface area contributed by atoms with Crippen LogP contribution in [0.2, 0.25) is 5.02 Å². The van der Waals surface area contributed by atoms with Gasteiger partial charge in [-0.05, 0) is 25.5 Å². The van der Waals surface area contributed by atoms with E-state index in [-0.39, 0.29) is 0 Å². The summed E-state index contributed by atoms with van der Waals surface area (Å²) in [5.41, 5.74) is 7.26. The van der Waals surface area contributed by atoms with E-state index >= 15 is 0 Å². The molecule has 1 rings (SSSR count). The summed E-state index contributed by atoms with van der Waals surface area (Å²) in [4.78, 5) is 0. The number of anilines is 1. The van der Waals surface area contributed by atoms with E-state index < -0.39 is 0 Å². The lowest BCUT2D eigenvalue weighted by molar-refractivity contribution is 0.340. The van der Waals surface area contributed by atoms with Crippen molar-refractivity contribution in [3.8, 4) is 5.75 Å². The van der Waals surface area contributed by atoms with E-state index in [2.05, 4.69) is 0 Å². The largest absolute Gasteiger partial charge is 0.494 e. The summed E-state index contributed by atoms with van der Waals surface area (Å²) in [7, 11) is 0. The van der Waals surface area contributed by atoms with Gasteiger partial charge in [-0.3, -0.25) is 0 Å². The fourth-order valence-electron chi connectivity index (χ4n) is 0.924. The number of nitrogens with two attached hydrogens (primary N) is 1. The standard InChI is InChI=1S/C9H12ClNO/c1-3-12-7-4-8(10)6(2)9(11)5-7/h4-5H,3,11H2,1-2H3. The van der Waals surface area contributed by atoms with Crippen LogP contribution in [0.15, 0.2) is 12.1 Å². The Morgan fingerprint density at radius 3 is 2.67 bits per heavy atom. The molecule has 0 saturated heterocycles. The van der Waals surface area contributed by atoms with Crippen molar-refractivity contribution in [3.05, 3.63) is 22.7 Å². The average Bonchev–Trinajstić information content (AvgIpc) is 2.01. The third kappa shape index (κ3) is 1.83. The summed E-state index contributed by atoms with van der Waals surface area (Å²) in [6, 6.07) is 3.56. The van der Waals surface area contributed by atoms with E-state index in [1.165, 1.54) is 0 Å². The highest BCUT2D eigenvalue weighted by molar-refractivity contribution is 6.31. The predicted molar refractivity (Wildman–Crippen MR) is 51.8 cm³/mol. The summed E-state index contributed by atoms with van der Waals surface area (Å²) in [5, 5.41) is 0.651. The molecule has 2 N–H and O–H groups in total. The van der Waals surface area contributed by atoms with Gasteiger partial charge in [0.15, 0.2) is 0 Å². The van der Waals surface area contributed by atoms with Gasteiger partial charge in [-0.25, -0.2) is 0 Å². The lowest BCUT2D eigenvalue weighted by Crippen LogP contribution is -1.95. The summed E-state index contributed by atoms with van der Waals surface area (Å²) < 4.78 is 5.26. The molecule has 0 heterocycles. The molecule has 12 heavy (non-hydrogen) atoms. The van der Waals surface area contributed by atoms with Crippen molar-refractivity contribution in [3.63, 3.8) is 0 Å². The molecule has 0 aromatic heterocycles. The molecule has 0 amide bonds. The number of hydrogen-bond donors (Lipinski definition) is 1. The maximum absolute atomic E-state index is 5.89. The second-order valence-corrected chi connectivity index (χ2v) is 2.96. The van der Waals surface area contributed by atoms with E-state index in [1.54, 1.807) is 12.1 Å². The Labute approximate surface area is 77.3 Å². The minimum absolute atomic E-state index is 0.624. The molecule has 2 nitrogen and oxygen atoms in total. The number of ether oxygens (including phenoxy) is 1. The zero-order valence-corrected chi connectivity index (χ0v) is 7.98. The van der Waals surface area contributed by atoms with Crippen molar-refractivity contribution in [1.29, 1.82) is 0 Å². The molecule has 66 valence electrons. The van der Waals surface area contributed by atoms with Gasteiger partial charge in [0.2, 0.25) is 0 Å². The van der Waals surface area contributed by atoms with Crippen molar-refractivity contribution < 1.29 is 4.74 Å². The molecular formula is C9H12ClNO. The molecule has 0 fully saturated rings.